The third-order valence-electron chi connectivity index (χ3n) is 4.51. The van der Waals surface area contributed by atoms with E-state index >= 15 is 0 Å². The number of nitrogens with zero attached hydrogens (tertiary/aromatic N) is 3. The molecule has 1 N–H and O–H groups in total. The zero-order valence-electron chi connectivity index (χ0n) is 16.8. The summed E-state index contributed by atoms with van der Waals surface area (Å²) in [6.07, 6.45) is 0. The van der Waals surface area contributed by atoms with Crippen LogP contribution in [0.2, 0.25) is 5.02 Å². The van der Waals surface area contributed by atoms with Gasteiger partial charge < -0.3 is 4.74 Å². The van der Waals surface area contributed by atoms with E-state index in [1.807, 2.05) is 32.0 Å². The number of carbonyl (C=O) groups is 1. The molecule has 158 valence electrons. The van der Waals surface area contributed by atoms with Crippen LogP contribution in [0.15, 0.2) is 64.5 Å². The molecule has 4 rings (SSSR count). The topological polar surface area (TPSA) is 89.3 Å². The Morgan fingerprint density at radius 2 is 1.90 bits per heavy atom. The number of benzene rings is 2. The summed E-state index contributed by atoms with van der Waals surface area (Å²) in [5, 5.41) is 3.68. The highest BCUT2D eigenvalue weighted by atomic mass is 35.5. The number of carbonyl (C=O) groups excluding carboxylic acids is 1. The van der Waals surface area contributed by atoms with Gasteiger partial charge in [-0.15, -0.1) is 0 Å². The first-order chi connectivity index (χ1) is 14.9. The van der Waals surface area contributed by atoms with E-state index in [4.69, 9.17) is 16.3 Å². The number of fused-ring (bicyclic) bond motifs is 1. The second kappa shape index (κ2) is 8.95. The first kappa shape index (κ1) is 21.1. The Bertz CT molecular complexity index is 1300. The molecule has 0 saturated carbocycles. The van der Waals surface area contributed by atoms with Crippen LogP contribution in [0.1, 0.15) is 25.3 Å². The Balaban J connectivity index is 1.58. The molecule has 0 amide bonds. The maximum atomic E-state index is 12.5. The Morgan fingerprint density at radius 3 is 2.65 bits per heavy atom. The van der Waals surface area contributed by atoms with Gasteiger partial charge >= 0.3 is 5.97 Å². The molecule has 0 spiro atoms. The molecule has 0 unspecified atom stereocenters. The molecule has 2 heterocycles. The highest BCUT2D eigenvalue weighted by Crippen LogP contribution is 2.27. The van der Waals surface area contributed by atoms with Crippen molar-refractivity contribution in [3.8, 4) is 17.1 Å². The van der Waals surface area contributed by atoms with Gasteiger partial charge in [0.2, 0.25) is 0 Å². The number of rotatable bonds is 6. The molecule has 0 saturated heterocycles. The van der Waals surface area contributed by atoms with Crippen LogP contribution in [0.25, 0.3) is 17.0 Å². The van der Waals surface area contributed by atoms with E-state index in [0.29, 0.717) is 27.4 Å². The lowest BCUT2D eigenvalue weighted by molar-refractivity contribution is -0.131. The van der Waals surface area contributed by atoms with Crippen molar-refractivity contribution in [2.24, 2.45) is 0 Å². The highest BCUT2D eigenvalue weighted by molar-refractivity contribution is 7.99. The average molecular weight is 455 g/mol. The number of aromatic nitrogens is 4. The minimum absolute atomic E-state index is 0.0127. The number of nitrogens with one attached hydrogen (secondary N) is 1. The average Bonchev–Trinajstić information content (AvgIpc) is 3.13. The minimum atomic E-state index is -0.410. The molecule has 7 nitrogen and oxygen atoms in total. The van der Waals surface area contributed by atoms with E-state index in [0.717, 1.165) is 22.9 Å². The summed E-state index contributed by atoms with van der Waals surface area (Å²) in [4.78, 5) is 33.3. The number of hydrogen-bond donors (Lipinski definition) is 1. The van der Waals surface area contributed by atoms with Crippen LogP contribution in [0.3, 0.4) is 0 Å². The highest BCUT2D eigenvalue weighted by Gasteiger charge is 2.16. The minimum Gasteiger partial charge on any atom is -0.426 e. The molecule has 2 aromatic heterocycles. The van der Waals surface area contributed by atoms with Crippen molar-refractivity contribution in [1.29, 1.82) is 0 Å². The van der Waals surface area contributed by atoms with Crippen LogP contribution in [-0.4, -0.2) is 31.3 Å². The zero-order valence-corrected chi connectivity index (χ0v) is 18.4. The van der Waals surface area contributed by atoms with Gasteiger partial charge in [-0.25, -0.2) is 14.5 Å². The molecule has 0 atom stereocenters. The molecule has 0 bridgehead atoms. The third kappa shape index (κ3) is 4.81. The van der Waals surface area contributed by atoms with Crippen molar-refractivity contribution < 1.29 is 9.53 Å². The van der Waals surface area contributed by atoms with Gasteiger partial charge in [-0.2, -0.15) is 0 Å². The van der Waals surface area contributed by atoms with E-state index in [1.165, 1.54) is 10.6 Å². The fourth-order valence-corrected chi connectivity index (χ4v) is 3.89. The number of thioether (sulfide) groups is 1. The number of H-pyrrole nitrogens is 1. The van der Waals surface area contributed by atoms with E-state index in [-0.39, 0.29) is 17.2 Å². The summed E-state index contributed by atoms with van der Waals surface area (Å²) in [6.45, 7) is 4.08. The number of esters is 1. The van der Waals surface area contributed by atoms with Gasteiger partial charge in [0.05, 0.1) is 5.75 Å². The van der Waals surface area contributed by atoms with Gasteiger partial charge in [-0.05, 0) is 41.8 Å². The summed E-state index contributed by atoms with van der Waals surface area (Å²) < 4.78 is 7.03. The SMILES string of the molecule is CC(C)c1ccccc1OC(=O)CSc1nc(-c2ccc(Cl)cc2)nc2cc(=O)[nH]n12. The number of aromatic amines is 1. The Morgan fingerprint density at radius 1 is 1.16 bits per heavy atom. The molecule has 9 heteroatoms. The molecule has 0 radical (unpaired) electrons. The standard InChI is InChI=1S/C22H19ClN4O3S/c1-13(2)16-5-3-4-6-17(16)30-20(29)12-31-22-25-21(14-7-9-15(23)10-8-14)24-18-11-19(28)26-27(18)22/h3-11,13H,12H2,1-2H3,(H,26,28). The monoisotopic (exact) mass is 454 g/mol. The Labute approximate surface area is 187 Å². The predicted molar refractivity (Wildman–Crippen MR) is 121 cm³/mol. The van der Waals surface area contributed by atoms with Crippen molar-refractivity contribution in [2.75, 3.05) is 5.75 Å². The largest absolute Gasteiger partial charge is 0.426 e. The molecule has 2 aromatic carbocycles. The van der Waals surface area contributed by atoms with Gasteiger partial charge in [0, 0.05) is 16.7 Å². The van der Waals surface area contributed by atoms with Crippen molar-refractivity contribution in [3.05, 3.63) is 75.5 Å². The van der Waals surface area contributed by atoms with Crippen LogP contribution >= 0.6 is 23.4 Å². The van der Waals surface area contributed by atoms with E-state index in [9.17, 15) is 9.59 Å². The molecule has 0 aliphatic rings. The number of para-hydroxylation sites is 1. The normalized spacial score (nSPS) is 11.2. The Hall–Kier alpha value is -3.10. The summed E-state index contributed by atoms with van der Waals surface area (Å²) >= 11 is 7.12. The molecule has 0 aliphatic carbocycles. The lowest BCUT2D eigenvalue weighted by Gasteiger charge is -2.12. The van der Waals surface area contributed by atoms with E-state index in [2.05, 4.69) is 15.1 Å². The van der Waals surface area contributed by atoms with Crippen molar-refractivity contribution in [2.45, 2.75) is 24.9 Å². The molecular weight excluding hydrogens is 436 g/mol. The van der Waals surface area contributed by atoms with Crippen molar-refractivity contribution in [1.82, 2.24) is 19.6 Å². The molecule has 0 aliphatic heterocycles. The predicted octanol–water partition coefficient (Wildman–Crippen LogP) is 4.56. The summed E-state index contributed by atoms with van der Waals surface area (Å²) in [6, 6.07) is 15.9. The van der Waals surface area contributed by atoms with Crippen LogP contribution in [-0.2, 0) is 4.79 Å². The van der Waals surface area contributed by atoms with Crippen molar-refractivity contribution >= 4 is 35.0 Å². The quantitative estimate of drug-likeness (QED) is 0.261. The Kier molecular flexibility index (Phi) is 6.11. The number of hydrogen-bond acceptors (Lipinski definition) is 6. The zero-order chi connectivity index (χ0) is 22.0. The van der Waals surface area contributed by atoms with Crippen LogP contribution in [0.4, 0.5) is 0 Å². The smallest absolute Gasteiger partial charge is 0.321 e. The van der Waals surface area contributed by atoms with Gasteiger partial charge in [-0.1, -0.05) is 55.4 Å². The van der Waals surface area contributed by atoms with Gasteiger partial charge in [-0.3, -0.25) is 14.7 Å². The maximum Gasteiger partial charge on any atom is 0.321 e. The maximum absolute atomic E-state index is 12.5. The molecule has 0 fully saturated rings. The second-order valence-corrected chi connectivity index (χ2v) is 8.48. The van der Waals surface area contributed by atoms with Crippen LogP contribution < -0.4 is 10.3 Å². The summed E-state index contributed by atoms with van der Waals surface area (Å²) in [7, 11) is 0. The first-order valence-electron chi connectivity index (χ1n) is 9.59. The fourth-order valence-electron chi connectivity index (χ4n) is 3.03. The number of ether oxygens (including phenoxy) is 1. The lowest BCUT2D eigenvalue weighted by atomic mass is 10.0. The third-order valence-corrected chi connectivity index (χ3v) is 5.68. The lowest BCUT2D eigenvalue weighted by Crippen LogP contribution is -2.13. The second-order valence-electron chi connectivity index (χ2n) is 7.11. The fraction of sp³-hybridized carbons (Fsp3) is 0.182. The van der Waals surface area contributed by atoms with Crippen molar-refractivity contribution in [3.63, 3.8) is 0 Å². The van der Waals surface area contributed by atoms with E-state index in [1.54, 1.807) is 30.3 Å². The van der Waals surface area contributed by atoms with Crippen LogP contribution in [0, 0.1) is 0 Å². The molecule has 4 aromatic rings. The molecule has 31 heavy (non-hydrogen) atoms. The van der Waals surface area contributed by atoms with Crippen LogP contribution in [0.5, 0.6) is 5.75 Å². The van der Waals surface area contributed by atoms with Gasteiger partial charge in [0.1, 0.15) is 5.75 Å². The van der Waals surface area contributed by atoms with Gasteiger partial charge in [0.15, 0.2) is 16.6 Å². The first-order valence-corrected chi connectivity index (χ1v) is 11.0. The summed E-state index contributed by atoms with van der Waals surface area (Å²) in [5.74, 6) is 0.806. The van der Waals surface area contributed by atoms with E-state index < -0.39 is 5.97 Å². The molecular formula is C22H19ClN4O3S. The summed E-state index contributed by atoms with van der Waals surface area (Å²) in [5.41, 5.74) is 1.81. The number of halogens is 1. The van der Waals surface area contributed by atoms with Gasteiger partial charge in [0.25, 0.3) is 5.56 Å².